The summed E-state index contributed by atoms with van der Waals surface area (Å²) in [5, 5.41) is 3.73. The predicted molar refractivity (Wildman–Crippen MR) is 103 cm³/mol. The Labute approximate surface area is 157 Å². The van der Waals surface area contributed by atoms with Gasteiger partial charge in [-0.3, -0.25) is 4.79 Å². The highest BCUT2D eigenvalue weighted by atomic mass is 35.5. The highest BCUT2D eigenvalue weighted by Gasteiger charge is 2.19. The molecule has 1 N–H and O–H groups in total. The lowest BCUT2D eigenvalue weighted by Crippen LogP contribution is -2.34. The van der Waals surface area contributed by atoms with E-state index in [0.29, 0.717) is 29.4 Å². The molecule has 0 unspecified atom stereocenters. The first-order valence-corrected chi connectivity index (χ1v) is 9.41. The third kappa shape index (κ3) is 3.50. The van der Waals surface area contributed by atoms with E-state index in [2.05, 4.69) is 10.2 Å². The minimum Gasteiger partial charge on any atom is -0.463 e. The Morgan fingerprint density at radius 1 is 1.19 bits per heavy atom. The SMILES string of the molecule is O=C(NCCN1CCCC1)c1cc2occc2n1Cc1ccccc1Cl. The van der Waals surface area contributed by atoms with Gasteiger partial charge in [0.1, 0.15) is 5.69 Å². The van der Waals surface area contributed by atoms with Crippen molar-refractivity contribution < 1.29 is 9.21 Å². The van der Waals surface area contributed by atoms with E-state index in [1.807, 2.05) is 34.9 Å². The molecule has 1 aliphatic heterocycles. The van der Waals surface area contributed by atoms with Gasteiger partial charge in [0.25, 0.3) is 5.91 Å². The molecule has 136 valence electrons. The van der Waals surface area contributed by atoms with Gasteiger partial charge >= 0.3 is 0 Å². The third-order valence-corrected chi connectivity index (χ3v) is 5.32. The van der Waals surface area contributed by atoms with Crippen LogP contribution in [0.25, 0.3) is 11.1 Å². The van der Waals surface area contributed by atoms with Crippen LogP contribution in [0.1, 0.15) is 28.9 Å². The molecule has 1 aromatic carbocycles. The number of nitrogens with zero attached hydrogens (tertiary/aromatic N) is 2. The molecule has 0 atom stereocenters. The zero-order chi connectivity index (χ0) is 17.9. The van der Waals surface area contributed by atoms with Crippen molar-refractivity contribution in [2.45, 2.75) is 19.4 Å². The number of hydrogen-bond acceptors (Lipinski definition) is 3. The molecule has 5 nitrogen and oxygen atoms in total. The van der Waals surface area contributed by atoms with E-state index in [1.54, 1.807) is 12.3 Å². The molecule has 0 radical (unpaired) electrons. The van der Waals surface area contributed by atoms with Gasteiger partial charge in [-0.2, -0.15) is 0 Å². The highest BCUT2D eigenvalue weighted by molar-refractivity contribution is 6.31. The quantitative estimate of drug-likeness (QED) is 0.717. The molecule has 1 fully saturated rings. The standard InChI is InChI=1S/C20H22ClN3O2/c21-16-6-2-1-5-15(16)14-24-17-7-12-26-19(17)13-18(24)20(25)22-8-11-23-9-3-4-10-23/h1-2,5-7,12-13H,3-4,8-11,14H2,(H,22,25). The normalized spacial score (nSPS) is 15.0. The minimum absolute atomic E-state index is 0.0809. The van der Waals surface area contributed by atoms with E-state index in [9.17, 15) is 4.79 Å². The van der Waals surface area contributed by atoms with E-state index >= 15 is 0 Å². The molecule has 3 aromatic rings. The van der Waals surface area contributed by atoms with Crippen LogP contribution in [0.4, 0.5) is 0 Å². The number of hydrogen-bond donors (Lipinski definition) is 1. The lowest BCUT2D eigenvalue weighted by molar-refractivity contribution is 0.0941. The summed E-state index contributed by atoms with van der Waals surface area (Å²) >= 11 is 6.31. The number of amides is 1. The van der Waals surface area contributed by atoms with Crippen LogP contribution in [0, 0.1) is 0 Å². The zero-order valence-corrected chi connectivity index (χ0v) is 15.3. The van der Waals surface area contributed by atoms with Crippen molar-refractivity contribution in [3.8, 4) is 0 Å². The molecule has 0 bridgehead atoms. The fraction of sp³-hybridized carbons (Fsp3) is 0.350. The minimum atomic E-state index is -0.0809. The lowest BCUT2D eigenvalue weighted by atomic mass is 10.2. The average molecular weight is 372 g/mol. The van der Waals surface area contributed by atoms with Gasteiger partial charge in [0.15, 0.2) is 5.58 Å². The Morgan fingerprint density at radius 3 is 2.81 bits per heavy atom. The number of furan rings is 1. The maximum absolute atomic E-state index is 12.8. The van der Waals surface area contributed by atoms with Crippen molar-refractivity contribution in [1.29, 1.82) is 0 Å². The summed E-state index contributed by atoms with van der Waals surface area (Å²) in [4.78, 5) is 15.1. The number of fused-ring (bicyclic) bond motifs is 1. The molecule has 1 saturated heterocycles. The fourth-order valence-corrected chi connectivity index (χ4v) is 3.75. The number of carbonyl (C=O) groups excluding carboxylic acids is 1. The van der Waals surface area contributed by atoms with Gasteiger partial charge in [-0.05, 0) is 37.6 Å². The molecule has 1 aliphatic rings. The predicted octanol–water partition coefficient (Wildman–Crippen LogP) is 3.76. The van der Waals surface area contributed by atoms with Crippen LogP contribution in [0.2, 0.25) is 5.02 Å². The van der Waals surface area contributed by atoms with Crippen LogP contribution in [-0.4, -0.2) is 41.6 Å². The van der Waals surface area contributed by atoms with E-state index in [1.165, 1.54) is 12.8 Å². The largest absolute Gasteiger partial charge is 0.463 e. The number of benzene rings is 1. The third-order valence-electron chi connectivity index (χ3n) is 4.95. The van der Waals surface area contributed by atoms with Gasteiger partial charge in [0.05, 0.1) is 11.8 Å². The molecule has 0 saturated carbocycles. The van der Waals surface area contributed by atoms with Crippen LogP contribution in [0.15, 0.2) is 47.1 Å². The molecule has 0 aliphatic carbocycles. The summed E-state index contributed by atoms with van der Waals surface area (Å²) in [5.74, 6) is -0.0809. The molecule has 0 spiro atoms. The summed E-state index contributed by atoms with van der Waals surface area (Å²) in [7, 11) is 0. The van der Waals surface area contributed by atoms with Gasteiger partial charge in [-0.1, -0.05) is 29.8 Å². The maximum atomic E-state index is 12.8. The van der Waals surface area contributed by atoms with Crippen LogP contribution in [0.3, 0.4) is 0 Å². The van der Waals surface area contributed by atoms with Gasteiger partial charge in [0, 0.05) is 36.8 Å². The second-order valence-electron chi connectivity index (χ2n) is 6.68. The summed E-state index contributed by atoms with van der Waals surface area (Å²) in [6.45, 7) is 4.33. The van der Waals surface area contributed by atoms with Crippen molar-refractivity contribution >= 4 is 28.6 Å². The van der Waals surface area contributed by atoms with Crippen LogP contribution in [0.5, 0.6) is 0 Å². The Morgan fingerprint density at radius 2 is 2.00 bits per heavy atom. The Kier molecular flexibility index (Phi) is 5.00. The van der Waals surface area contributed by atoms with Crippen LogP contribution in [-0.2, 0) is 6.54 Å². The summed E-state index contributed by atoms with van der Waals surface area (Å²) in [5.41, 5.74) is 3.18. The highest BCUT2D eigenvalue weighted by Crippen LogP contribution is 2.24. The van der Waals surface area contributed by atoms with E-state index in [0.717, 1.165) is 30.7 Å². The monoisotopic (exact) mass is 371 g/mol. The molecule has 1 amide bonds. The van der Waals surface area contributed by atoms with Crippen LogP contribution >= 0.6 is 11.6 Å². The molecule has 26 heavy (non-hydrogen) atoms. The zero-order valence-electron chi connectivity index (χ0n) is 14.6. The Balaban J connectivity index is 1.53. The van der Waals surface area contributed by atoms with Crippen molar-refractivity contribution in [2.24, 2.45) is 0 Å². The number of nitrogens with one attached hydrogen (secondary N) is 1. The molecule has 6 heteroatoms. The topological polar surface area (TPSA) is 50.4 Å². The maximum Gasteiger partial charge on any atom is 0.268 e. The average Bonchev–Trinajstić information content (AvgIpc) is 3.35. The van der Waals surface area contributed by atoms with Crippen LogP contribution < -0.4 is 5.32 Å². The lowest BCUT2D eigenvalue weighted by Gasteiger charge is -2.15. The van der Waals surface area contributed by atoms with Gasteiger partial charge < -0.3 is 19.2 Å². The van der Waals surface area contributed by atoms with Gasteiger partial charge in [-0.25, -0.2) is 0 Å². The van der Waals surface area contributed by atoms with Crippen molar-refractivity contribution in [2.75, 3.05) is 26.2 Å². The number of likely N-dealkylation sites (tertiary alicyclic amines) is 1. The van der Waals surface area contributed by atoms with E-state index in [4.69, 9.17) is 16.0 Å². The first-order chi connectivity index (χ1) is 12.7. The number of halogens is 1. The van der Waals surface area contributed by atoms with E-state index < -0.39 is 0 Å². The van der Waals surface area contributed by atoms with Gasteiger partial charge in [0.2, 0.25) is 0 Å². The molecule has 2 aromatic heterocycles. The second-order valence-corrected chi connectivity index (χ2v) is 7.09. The molecular formula is C20H22ClN3O2. The smallest absolute Gasteiger partial charge is 0.268 e. The van der Waals surface area contributed by atoms with Crippen molar-refractivity contribution in [3.05, 3.63) is 58.9 Å². The summed E-state index contributed by atoms with van der Waals surface area (Å²) < 4.78 is 7.46. The Hall–Kier alpha value is -2.24. The summed E-state index contributed by atoms with van der Waals surface area (Å²) in [6, 6.07) is 11.4. The fourth-order valence-electron chi connectivity index (χ4n) is 3.56. The van der Waals surface area contributed by atoms with E-state index in [-0.39, 0.29) is 5.91 Å². The number of rotatable bonds is 6. The first-order valence-electron chi connectivity index (χ1n) is 9.03. The molecule has 3 heterocycles. The molecule has 4 rings (SSSR count). The van der Waals surface area contributed by atoms with Crippen molar-refractivity contribution in [1.82, 2.24) is 14.8 Å². The van der Waals surface area contributed by atoms with Gasteiger partial charge in [-0.15, -0.1) is 0 Å². The number of carbonyl (C=O) groups is 1. The Bertz CT molecular complexity index is 909. The summed E-state index contributed by atoms with van der Waals surface area (Å²) in [6.07, 6.45) is 4.15. The van der Waals surface area contributed by atoms with Crippen molar-refractivity contribution in [3.63, 3.8) is 0 Å². The number of aromatic nitrogens is 1. The second kappa shape index (κ2) is 7.56. The first kappa shape index (κ1) is 17.2. The molecular weight excluding hydrogens is 350 g/mol.